The smallest absolute Gasteiger partial charge is 0.373 e. The SMILES string of the molecule is CCc1cc2nc(CN3CC=C(c4cccc(OCc5ccc(Cl)cc5F)n4)CC3)n(C[C@@H]3CCO3)c2s1.O=C(O)c1cc2c(nc(CN3CC=C(c4cccc(OCc5ccc(Cl)cc5F)n4)CC3)n2C[C@@H]2CCO2)s1.O=C(O)c1cc2nc(CN3CC=C(c4cccc(OCc5ccc(Cl)cc5F)n4)CC3)n(C[C@@H]3CCO3)c2s1.O=C=O.[CH2-]C.[CH2-]C.[W].[W]. The van der Waals surface area contributed by atoms with E-state index < -0.39 is 23.6 Å². The van der Waals surface area contributed by atoms with Crippen molar-refractivity contribution in [2.45, 2.75) is 143 Å². The number of thiophene rings is 3. The van der Waals surface area contributed by atoms with Crippen LogP contribution in [0.1, 0.15) is 135 Å². The first-order valence-corrected chi connectivity index (χ1v) is 44.0. The second-order valence-electron chi connectivity index (χ2n) is 29.1. The van der Waals surface area contributed by atoms with E-state index in [9.17, 15) is 33.0 Å². The molecule has 3 saturated heterocycles. The van der Waals surface area contributed by atoms with E-state index in [2.05, 4.69) is 88.4 Å². The Morgan fingerprint density at radius 2 is 0.840 bits per heavy atom. The number of nitrogens with zero attached hydrogens (tertiary/aromatic N) is 12. The number of imidazole rings is 3. The van der Waals surface area contributed by atoms with Crippen LogP contribution in [0, 0.1) is 31.3 Å². The molecule has 3 atom stereocenters. The van der Waals surface area contributed by atoms with Crippen molar-refractivity contribution < 1.29 is 113 Å². The number of carboxylic acids is 2. The average molecular weight is 2160 g/mol. The van der Waals surface area contributed by atoms with Gasteiger partial charge in [-0.05, 0) is 134 Å². The maximum atomic E-state index is 14.1. The summed E-state index contributed by atoms with van der Waals surface area (Å²) in [7, 11) is 0. The van der Waals surface area contributed by atoms with Crippen LogP contribution in [0.4, 0.5) is 13.2 Å². The Kier molecular flexibility index (Phi) is 36.4. The van der Waals surface area contributed by atoms with Crippen molar-refractivity contribution in [1.29, 1.82) is 0 Å². The second kappa shape index (κ2) is 46.9. The van der Waals surface area contributed by atoms with Crippen LogP contribution in [-0.4, -0.2) is 164 Å². The Balaban J connectivity index is 0.000000174. The number of hydrogen-bond donors (Lipinski definition) is 2. The van der Waals surface area contributed by atoms with Gasteiger partial charge in [0.05, 0.1) is 80.2 Å². The zero-order valence-electron chi connectivity index (χ0n) is 68.8. The summed E-state index contributed by atoms with van der Waals surface area (Å²) in [4.78, 5) is 79.7. The number of aryl methyl sites for hydroxylation is 1. The topological polar surface area (TPSA) is 266 Å². The standard InChI is InChI=1S/C29H30ClFN4O2S.2C28H26ClFN4O4S.2C2H5.CO2.2W/c1-2-23-15-26-29(38-23)35(16-22-10-13-36-22)27(32-26)17-34-11-8-19(9-12-34)25-4-3-5-28(33-25)37-18-20-6-7-21(30)14-24(20)31;29-19-5-4-18(21(30)12-19)16-38-26-3-1-2-22(32-26)17-6-9-33(10-7-17)15-25-31-23-13-24(28(35)36)39-27(23)34(25)14-20-8-11-37-20;29-19-5-4-18(21(30)12-19)16-38-26-3-1-2-22(31-26)17-6-9-33(10-7-17)15-25-32-27-23(13-24(39-27)28(35)36)34(25)14-20-8-11-37-20;2*1-2;2-1-3;;/h3-8,14-15,22H,2,9-13,16-18H2,1H3;2*1-6,12-13,20H,7-11,14-16H2,(H,35,36);2*1H2,2H3;;;/q;;;2*-1;;;/t22-;2*20-;;;;;/m000...../s1. The van der Waals surface area contributed by atoms with E-state index in [4.69, 9.17) is 87.8 Å². The van der Waals surface area contributed by atoms with Gasteiger partial charge in [0.15, 0.2) is 0 Å². The molecule has 6 aliphatic heterocycles. The predicted molar refractivity (Wildman–Crippen MR) is 470 cm³/mol. The van der Waals surface area contributed by atoms with E-state index in [1.807, 2.05) is 47.7 Å². The van der Waals surface area contributed by atoms with Crippen molar-refractivity contribution >= 4 is 135 Å². The van der Waals surface area contributed by atoms with E-state index in [0.29, 0.717) is 91.4 Å². The number of pyridine rings is 3. The van der Waals surface area contributed by atoms with Gasteiger partial charge in [0.2, 0.25) is 17.6 Å². The number of aromatic carboxylic acids is 2. The molecule has 0 spiro atoms. The Bertz CT molecular complexity index is 5590. The summed E-state index contributed by atoms with van der Waals surface area (Å²) in [5.41, 5.74) is 10.0. The Labute approximate surface area is 777 Å². The predicted octanol–water partition coefficient (Wildman–Crippen LogP) is 18.9. The Hall–Kier alpha value is -8.64. The van der Waals surface area contributed by atoms with Gasteiger partial charge in [0.1, 0.15) is 90.0 Å². The maximum Gasteiger partial charge on any atom is 0.373 e. The van der Waals surface area contributed by atoms with Crippen LogP contribution in [0.25, 0.3) is 47.8 Å². The van der Waals surface area contributed by atoms with Gasteiger partial charge in [0.25, 0.3) is 0 Å². The number of carbonyl (C=O) groups excluding carboxylic acids is 2. The summed E-state index contributed by atoms with van der Waals surface area (Å²) in [6.07, 6.45) is 14.1. The molecule has 3 fully saturated rings. The van der Waals surface area contributed by atoms with E-state index in [0.717, 1.165) is 189 Å². The minimum absolute atomic E-state index is 0. The number of aromatic nitrogens is 9. The molecule has 0 amide bonds. The van der Waals surface area contributed by atoms with Crippen LogP contribution in [0.5, 0.6) is 17.6 Å². The van der Waals surface area contributed by atoms with Gasteiger partial charge in [0, 0.05) is 156 Å². The summed E-state index contributed by atoms with van der Waals surface area (Å²) in [6.45, 7) is 24.0. The molecule has 125 heavy (non-hydrogen) atoms. The first-order valence-electron chi connectivity index (χ1n) is 40.4. The zero-order valence-corrected chi connectivity index (χ0v) is 79.4. The molecule has 24 nitrogen and oxygen atoms in total. The first kappa shape index (κ1) is 97.0. The Morgan fingerprint density at radius 1 is 0.488 bits per heavy atom. The molecule has 6 aliphatic rings. The van der Waals surface area contributed by atoms with Crippen LogP contribution in [-0.2, 0) is 131 Å². The molecule has 0 saturated carbocycles. The molecule has 35 heteroatoms. The molecule has 0 bridgehead atoms. The van der Waals surface area contributed by atoms with Crippen LogP contribution in [0.3, 0.4) is 0 Å². The molecule has 0 radical (unpaired) electrons. The van der Waals surface area contributed by atoms with Crippen molar-refractivity contribution in [3.63, 3.8) is 0 Å². The molecule has 3 aromatic carbocycles. The third-order valence-corrected chi connectivity index (χ3v) is 25.3. The fraction of sp³-hybridized carbons (Fsp3) is 0.344. The number of hydrogen-bond acceptors (Lipinski definition) is 22. The molecule has 2 N–H and O–H groups in total. The van der Waals surface area contributed by atoms with Gasteiger partial charge in [-0.2, -0.15) is 23.4 Å². The number of carboxylic acid groups (broad SMARTS) is 2. The molecule has 0 unspecified atom stereocenters. The molecule has 9 aromatic heterocycles. The minimum Gasteiger partial charge on any atom is -0.477 e. The summed E-state index contributed by atoms with van der Waals surface area (Å²) in [6, 6.07) is 36.2. The van der Waals surface area contributed by atoms with Crippen LogP contribution in [0.2, 0.25) is 15.1 Å². The van der Waals surface area contributed by atoms with Crippen molar-refractivity contribution in [1.82, 2.24) is 58.3 Å². The van der Waals surface area contributed by atoms with Crippen molar-refractivity contribution in [3.8, 4) is 17.6 Å². The number of halogens is 6. The molecular formula is C90H92Cl3F3N12O12S3W2-2. The van der Waals surface area contributed by atoms with E-state index >= 15 is 0 Å². The number of fused-ring (bicyclic) bond motifs is 3. The largest absolute Gasteiger partial charge is 0.477 e. The molecule has 12 aromatic rings. The van der Waals surface area contributed by atoms with E-state index in [-0.39, 0.29) is 86.1 Å². The van der Waals surface area contributed by atoms with E-state index in [1.165, 1.54) is 56.2 Å². The van der Waals surface area contributed by atoms with Gasteiger partial charge >= 0.3 is 18.1 Å². The van der Waals surface area contributed by atoms with Gasteiger partial charge < -0.3 is 66.2 Å². The zero-order chi connectivity index (χ0) is 86.6. The van der Waals surface area contributed by atoms with Crippen LogP contribution in [0.15, 0.2) is 146 Å². The molecular weight excluding hydrogens is 2070 g/mol. The van der Waals surface area contributed by atoms with Crippen molar-refractivity contribution in [3.05, 3.63) is 258 Å². The van der Waals surface area contributed by atoms with Gasteiger partial charge in [-0.1, -0.05) is 96.4 Å². The third-order valence-electron chi connectivity index (χ3n) is 21.2. The molecule has 18 rings (SSSR count). The quantitative estimate of drug-likeness (QED) is 0.0453. The van der Waals surface area contributed by atoms with Crippen LogP contribution >= 0.6 is 68.8 Å². The molecule has 0 aliphatic carbocycles. The van der Waals surface area contributed by atoms with Crippen LogP contribution < -0.4 is 14.2 Å². The fourth-order valence-electron chi connectivity index (χ4n) is 14.4. The number of ether oxygens (including phenoxy) is 6. The Morgan fingerprint density at radius 3 is 1.18 bits per heavy atom. The van der Waals surface area contributed by atoms with Gasteiger partial charge in [-0.15, -0.1) is 34.0 Å². The normalized spacial score (nSPS) is 16.7. The number of rotatable bonds is 27. The summed E-state index contributed by atoms with van der Waals surface area (Å²) in [5, 5.41) is 19.9. The number of benzene rings is 3. The third kappa shape index (κ3) is 25.4. The first-order chi connectivity index (χ1) is 59.8. The maximum absolute atomic E-state index is 14.1. The van der Waals surface area contributed by atoms with Gasteiger partial charge in [-0.25, -0.2) is 52.7 Å². The fourth-order valence-corrected chi connectivity index (χ4v) is 17.8. The summed E-state index contributed by atoms with van der Waals surface area (Å²) in [5.74, 6) is 1.25. The summed E-state index contributed by atoms with van der Waals surface area (Å²) >= 11 is 21.8. The second-order valence-corrected chi connectivity index (χ2v) is 33.6. The van der Waals surface area contributed by atoms with Crippen molar-refractivity contribution in [2.24, 2.45) is 0 Å². The van der Waals surface area contributed by atoms with Crippen molar-refractivity contribution in [2.75, 3.05) is 59.1 Å². The molecule has 15 heterocycles. The van der Waals surface area contributed by atoms with Gasteiger partial charge in [-0.3, -0.25) is 14.7 Å². The monoisotopic (exact) mass is 2160 g/mol. The average Bonchev–Trinajstić information content (AvgIpc) is 1.63. The van der Waals surface area contributed by atoms with E-state index in [1.54, 1.807) is 80.6 Å². The minimum atomic E-state index is -0.931. The molecule has 658 valence electrons. The number of carbonyl (C=O) groups is 2. The summed E-state index contributed by atoms with van der Waals surface area (Å²) < 4.78 is 83.2.